The van der Waals surface area contributed by atoms with Crippen molar-refractivity contribution in [2.75, 3.05) is 10.2 Å². The van der Waals surface area contributed by atoms with Crippen LogP contribution in [0, 0.1) is 5.41 Å². The van der Waals surface area contributed by atoms with E-state index in [1.54, 1.807) is 29.2 Å². The highest BCUT2D eigenvalue weighted by Crippen LogP contribution is 2.49. The fourth-order valence-corrected chi connectivity index (χ4v) is 5.74. The summed E-state index contributed by atoms with van der Waals surface area (Å²) in [6.45, 7) is 4.17. The van der Waals surface area contributed by atoms with E-state index in [9.17, 15) is 9.59 Å². The van der Waals surface area contributed by atoms with Crippen LogP contribution in [0.1, 0.15) is 48.7 Å². The van der Waals surface area contributed by atoms with Gasteiger partial charge in [0.05, 0.1) is 17.4 Å². The molecule has 0 bridgehead atoms. The molecular formula is C28H23BrCl2N2O2. The van der Waals surface area contributed by atoms with E-state index in [4.69, 9.17) is 23.2 Å². The molecule has 0 radical (unpaired) electrons. The largest absolute Gasteiger partial charge is 0.357 e. The van der Waals surface area contributed by atoms with Crippen molar-refractivity contribution in [1.82, 2.24) is 0 Å². The van der Waals surface area contributed by atoms with Gasteiger partial charge in [0.1, 0.15) is 0 Å². The molecule has 1 heterocycles. The number of allylic oxidation sites excluding steroid dienone is 1. The van der Waals surface area contributed by atoms with E-state index in [2.05, 4.69) is 35.1 Å². The van der Waals surface area contributed by atoms with Crippen LogP contribution in [0.4, 0.5) is 11.4 Å². The van der Waals surface area contributed by atoms with Gasteiger partial charge in [-0.3, -0.25) is 14.5 Å². The molecule has 0 fully saturated rings. The van der Waals surface area contributed by atoms with E-state index in [1.807, 2.05) is 42.5 Å². The maximum atomic E-state index is 14.2. The number of amides is 1. The van der Waals surface area contributed by atoms with E-state index in [-0.39, 0.29) is 17.1 Å². The predicted molar refractivity (Wildman–Crippen MR) is 145 cm³/mol. The van der Waals surface area contributed by atoms with Crippen LogP contribution in [-0.4, -0.2) is 11.7 Å². The van der Waals surface area contributed by atoms with Gasteiger partial charge in [-0.2, -0.15) is 0 Å². The lowest BCUT2D eigenvalue weighted by atomic mass is 9.73. The van der Waals surface area contributed by atoms with Crippen LogP contribution in [0.2, 0.25) is 10.0 Å². The van der Waals surface area contributed by atoms with Crippen molar-refractivity contribution in [3.63, 3.8) is 0 Å². The monoisotopic (exact) mass is 568 g/mol. The number of fused-ring (bicyclic) bond motifs is 1. The van der Waals surface area contributed by atoms with E-state index >= 15 is 0 Å². The average molecular weight is 570 g/mol. The van der Waals surface area contributed by atoms with Crippen molar-refractivity contribution < 1.29 is 9.59 Å². The third kappa shape index (κ3) is 4.53. The maximum Gasteiger partial charge on any atom is 0.259 e. The Labute approximate surface area is 223 Å². The minimum absolute atomic E-state index is 0.00109. The van der Waals surface area contributed by atoms with Crippen molar-refractivity contribution in [2.45, 2.75) is 32.7 Å². The molecule has 1 amide bonds. The summed E-state index contributed by atoms with van der Waals surface area (Å²) in [6, 6.07) is 19.3. The molecule has 0 aromatic heterocycles. The van der Waals surface area contributed by atoms with Gasteiger partial charge in [0.25, 0.3) is 5.91 Å². The third-order valence-electron chi connectivity index (χ3n) is 6.47. The maximum absolute atomic E-state index is 14.2. The summed E-state index contributed by atoms with van der Waals surface area (Å²) in [4.78, 5) is 29.6. The van der Waals surface area contributed by atoms with Gasteiger partial charge < -0.3 is 5.32 Å². The molecule has 0 unspecified atom stereocenters. The van der Waals surface area contributed by atoms with Crippen molar-refractivity contribution in [3.8, 4) is 0 Å². The Balaban J connectivity index is 1.81. The van der Waals surface area contributed by atoms with E-state index < -0.39 is 6.04 Å². The number of halogens is 3. The molecule has 7 heteroatoms. The van der Waals surface area contributed by atoms with Crippen LogP contribution >= 0.6 is 39.1 Å². The third-order valence-corrected chi connectivity index (χ3v) is 7.56. The minimum atomic E-state index is -0.717. The number of hydrogen-bond donors (Lipinski definition) is 1. The molecule has 1 atom stereocenters. The van der Waals surface area contributed by atoms with Crippen molar-refractivity contribution in [2.24, 2.45) is 5.41 Å². The predicted octanol–water partition coefficient (Wildman–Crippen LogP) is 8.21. The zero-order chi connectivity index (χ0) is 24.9. The molecular weight excluding hydrogens is 547 g/mol. The number of carbonyl (C=O) groups excluding carboxylic acids is 2. The second-order valence-electron chi connectivity index (χ2n) is 9.73. The number of para-hydroxylation sites is 2. The number of ketones is 1. The number of anilines is 2. The Morgan fingerprint density at radius 2 is 1.74 bits per heavy atom. The second-order valence-corrected chi connectivity index (χ2v) is 11.5. The topological polar surface area (TPSA) is 49.4 Å². The summed E-state index contributed by atoms with van der Waals surface area (Å²) in [5, 5.41) is 4.40. The Morgan fingerprint density at radius 1 is 1.03 bits per heavy atom. The molecule has 3 aromatic rings. The van der Waals surface area contributed by atoms with Crippen LogP contribution < -0.4 is 10.2 Å². The zero-order valence-corrected chi connectivity index (χ0v) is 22.3. The quantitative estimate of drug-likeness (QED) is 0.338. The highest BCUT2D eigenvalue weighted by molar-refractivity contribution is 9.10. The van der Waals surface area contributed by atoms with Gasteiger partial charge in [0.2, 0.25) is 0 Å². The SMILES string of the molecule is CC1(C)CC(=O)C2=C(C1)Nc1ccccc1N(C(=O)c1ccc(Br)cc1)[C@H]2c1ccc(Cl)cc1Cl. The van der Waals surface area contributed by atoms with Gasteiger partial charge in [-0.05, 0) is 65.9 Å². The lowest BCUT2D eigenvalue weighted by Gasteiger charge is -2.37. The van der Waals surface area contributed by atoms with Crippen LogP contribution in [0.15, 0.2) is 82.5 Å². The van der Waals surface area contributed by atoms with Crippen molar-refractivity contribution >= 4 is 62.2 Å². The summed E-state index contributed by atoms with van der Waals surface area (Å²) in [6.07, 6.45) is 1.05. The molecule has 0 saturated carbocycles. The lowest BCUT2D eigenvalue weighted by Crippen LogP contribution is -2.39. The molecule has 1 aliphatic carbocycles. The standard InChI is InChI=1S/C28H23BrCl2N2O2/c1-28(2)14-22-25(24(34)15-28)26(19-12-11-18(30)13-20(19)31)33(23-6-4-3-5-21(23)32-22)27(35)16-7-9-17(29)10-8-16/h3-13,26,32H,14-15H2,1-2H3/t26-/m0/s1. The Kier molecular flexibility index (Phi) is 6.28. The molecule has 0 saturated heterocycles. The molecule has 4 nitrogen and oxygen atoms in total. The number of nitrogens with one attached hydrogen (secondary N) is 1. The second kappa shape index (κ2) is 9.12. The molecule has 35 heavy (non-hydrogen) atoms. The van der Waals surface area contributed by atoms with Gasteiger partial charge in [0.15, 0.2) is 5.78 Å². The average Bonchev–Trinajstić information content (AvgIpc) is 2.92. The zero-order valence-electron chi connectivity index (χ0n) is 19.2. The highest BCUT2D eigenvalue weighted by atomic mass is 79.9. The summed E-state index contributed by atoms with van der Waals surface area (Å²) < 4.78 is 0.874. The highest BCUT2D eigenvalue weighted by Gasteiger charge is 2.44. The summed E-state index contributed by atoms with van der Waals surface area (Å²) in [7, 11) is 0. The first-order valence-corrected chi connectivity index (χ1v) is 12.9. The number of nitrogens with zero attached hydrogens (tertiary/aromatic N) is 1. The molecule has 0 spiro atoms. The number of Topliss-reactive ketones (excluding diaryl/α,β-unsaturated/α-hetero) is 1. The Bertz CT molecular complexity index is 1380. The number of benzene rings is 3. The molecule has 3 aromatic carbocycles. The molecule has 178 valence electrons. The van der Waals surface area contributed by atoms with Crippen molar-refractivity contribution in [1.29, 1.82) is 0 Å². The van der Waals surface area contributed by atoms with Gasteiger partial charge in [-0.15, -0.1) is 0 Å². The Hall–Kier alpha value is -2.60. The molecule has 2 aliphatic rings. The summed E-state index contributed by atoms with van der Waals surface area (Å²) in [5.74, 6) is -0.227. The Morgan fingerprint density at radius 3 is 2.46 bits per heavy atom. The van der Waals surface area contributed by atoms with E-state index in [1.165, 1.54) is 0 Å². The van der Waals surface area contributed by atoms with Gasteiger partial charge in [-0.25, -0.2) is 0 Å². The van der Waals surface area contributed by atoms with Crippen LogP contribution in [0.3, 0.4) is 0 Å². The van der Waals surface area contributed by atoms with Crippen molar-refractivity contribution in [3.05, 3.63) is 104 Å². The van der Waals surface area contributed by atoms with Gasteiger partial charge in [0, 0.05) is 37.8 Å². The number of carbonyl (C=O) groups is 2. The minimum Gasteiger partial charge on any atom is -0.357 e. The first-order chi connectivity index (χ1) is 16.6. The van der Waals surface area contributed by atoms with Crippen LogP contribution in [0.5, 0.6) is 0 Å². The van der Waals surface area contributed by atoms with Gasteiger partial charge in [-0.1, -0.05) is 71.2 Å². The van der Waals surface area contributed by atoms with E-state index in [0.717, 1.165) is 15.9 Å². The number of rotatable bonds is 2. The van der Waals surface area contributed by atoms with Crippen LogP contribution in [0.25, 0.3) is 0 Å². The smallest absolute Gasteiger partial charge is 0.259 e. The molecule has 1 aliphatic heterocycles. The normalized spacial score (nSPS) is 18.9. The number of hydrogen-bond acceptors (Lipinski definition) is 3. The summed E-state index contributed by atoms with van der Waals surface area (Å²) in [5.41, 5.74) is 3.78. The first-order valence-electron chi connectivity index (χ1n) is 11.3. The first kappa shape index (κ1) is 24.1. The van der Waals surface area contributed by atoms with Gasteiger partial charge >= 0.3 is 0 Å². The molecule has 1 N–H and O–H groups in total. The van der Waals surface area contributed by atoms with Crippen LogP contribution in [-0.2, 0) is 4.79 Å². The van der Waals surface area contributed by atoms with E-state index in [0.29, 0.717) is 45.3 Å². The lowest BCUT2D eigenvalue weighted by molar-refractivity contribution is -0.118. The fourth-order valence-electron chi connectivity index (χ4n) is 4.96. The fraction of sp³-hybridized carbons (Fsp3) is 0.214. The molecule has 5 rings (SSSR count). The summed E-state index contributed by atoms with van der Waals surface area (Å²) >= 11 is 16.4.